The number of nitrogens with one attached hydrogen (secondary N) is 1. The number of methoxy groups -OCH3 is 1. The van der Waals surface area contributed by atoms with E-state index < -0.39 is 0 Å². The third-order valence-corrected chi connectivity index (χ3v) is 3.56. The van der Waals surface area contributed by atoms with Gasteiger partial charge in [0.05, 0.1) is 12.7 Å². The Morgan fingerprint density at radius 2 is 1.90 bits per heavy atom. The summed E-state index contributed by atoms with van der Waals surface area (Å²) in [6.45, 7) is 4.40. The molecule has 110 valence electrons. The molecule has 0 aliphatic rings. The van der Waals surface area contributed by atoms with Gasteiger partial charge in [0, 0.05) is 12.6 Å². The van der Waals surface area contributed by atoms with E-state index in [-0.39, 0.29) is 11.8 Å². The molecule has 0 heterocycles. The Balaban J connectivity index is 2.07. The fourth-order valence-corrected chi connectivity index (χ4v) is 2.27. The summed E-state index contributed by atoms with van der Waals surface area (Å²) < 4.78 is 5.22. The van der Waals surface area contributed by atoms with E-state index >= 15 is 0 Å². The molecule has 0 saturated heterocycles. The van der Waals surface area contributed by atoms with E-state index in [1.807, 2.05) is 36.4 Å². The number of hydrogen-bond acceptors (Lipinski definition) is 3. The van der Waals surface area contributed by atoms with Crippen molar-refractivity contribution in [1.29, 1.82) is 0 Å². The molecule has 0 amide bonds. The Bertz CT molecular complexity index is 608. The standard InChI is InChI=1S/C18H21NO2/c1-13(16-7-5-4-6-8-16)19-12-15-9-10-18(21-3)17(11-15)14(2)20/h4-11,13,19H,12H2,1-3H3/t13-/m1/s1. The molecule has 2 aromatic carbocycles. The molecule has 1 atom stereocenters. The van der Waals surface area contributed by atoms with Gasteiger partial charge in [0.2, 0.25) is 0 Å². The van der Waals surface area contributed by atoms with Crippen LogP contribution in [0.15, 0.2) is 48.5 Å². The van der Waals surface area contributed by atoms with Crippen molar-refractivity contribution >= 4 is 5.78 Å². The van der Waals surface area contributed by atoms with Crippen molar-refractivity contribution in [2.24, 2.45) is 0 Å². The maximum atomic E-state index is 11.6. The van der Waals surface area contributed by atoms with Crippen LogP contribution in [0.25, 0.3) is 0 Å². The Morgan fingerprint density at radius 3 is 2.52 bits per heavy atom. The molecule has 0 saturated carbocycles. The van der Waals surface area contributed by atoms with Crippen LogP contribution < -0.4 is 10.1 Å². The first-order chi connectivity index (χ1) is 10.1. The predicted molar refractivity (Wildman–Crippen MR) is 84.7 cm³/mol. The Kier molecular flexibility index (Phi) is 5.12. The molecule has 0 unspecified atom stereocenters. The highest BCUT2D eigenvalue weighted by atomic mass is 16.5. The lowest BCUT2D eigenvalue weighted by Crippen LogP contribution is -2.18. The molecular weight excluding hydrogens is 262 g/mol. The average Bonchev–Trinajstić information content (AvgIpc) is 2.53. The molecule has 2 rings (SSSR count). The van der Waals surface area contributed by atoms with Gasteiger partial charge in [-0.2, -0.15) is 0 Å². The maximum Gasteiger partial charge on any atom is 0.163 e. The summed E-state index contributed by atoms with van der Waals surface area (Å²) in [4.78, 5) is 11.6. The number of carbonyl (C=O) groups excluding carboxylic acids is 1. The molecule has 0 fully saturated rings. The zero-order valence-electron chi connectivity index (χ0n) is 12.7. The van der Waals surface area contributed by atoms with Crippen LogP contribution in [-0.2, 0) is 6.54 Å². The summed E-state index contributed by atoms with van der Waals surface area (Å²) in [6.07, 6.45) is 0. The van der Waals surface area contributed by atoms with Crippen LogP contribution in [0.3, 0.4) is 0 Å². The fraction of sp³-hybridized carbons (Fsp3) is 0.278. The maximum absolute atomic E-state index is 11.6. The Labute approximate surface area is 126 Å². The minimum Gasteiger partial charge on any atom is -0.496 e. The fourth-order valence-electron chi connectivity index (χ4n) is 2.27. The number of ether oxygens (including phenoxy) is 1. The molecule has 0 aliphatic carbocycles. The SMILES string of the molecule is COc1ccc(CN[C@H](C)c2ccccc2)cc1C(C)=O. The van der Waals surface area contributed by atoms with Crippen LogP contribution >= 0.6 is 0 Å². The quantitative estimate of drug-likeness (QED) is 0.821. The number of rotatable bonds is 6. The van der Waals surface area contributed by atoms with Crippen molar-refractivity contribution in [1.82, 2.24) is 5.32 Å². The summed E-state index contributed by atoms with van der Waals surface area (Å²) in [7, 11) is 1.58. The van der Waals surface area contributed by atoms with Gasteiger partial charge in [-0.3, -0.25) is 4.79 Å². The second-order valence-corrected chi connectivity index (χ2v) is 5.10. The average molecular weight is 283 g/mol. The van der Waals surface area contributed by atoms with Gasteiger partial charge in [-0.05, 0) is 37.1 Å². The monoisotopic (exact) mass is 283 g/mol. The minimum atomic E-state index is 0.0183. The van der Waals surface area contributed by atoms with Gasteiger partial charge in [0.15, 0.2) is 5.78 Å². The van der Waals surface area contributed by atoms with Crippen LogP contribution in [0.2, 0.25) is 0 Å². The summed E-state index contributed by atoms with van der Waals surface area (Å²) in [5.74, 6) is 0.646. The van der Waals surface area contributed by atoms with E-state index in [1.54, 1.807) is 14.0 Å². The van der Waals surface area contributed by atoms with Gasteiger partial charge < -0.3 is 10.1 Å². The normalized spacial score (nSPS) is 12.0. The van der Waals surface area contributed by atoms with Crippen LogP contribution in [0, 0.1) is 0 Å². The molecule has 0 bridgehead atoms. The number of benzene rings is 2. The number of Topliss-reactive ketones (excluding diaryl/α,β-unsaturated/α-hetero) is 1. The number of hydrogen-bond donors (Lipinski definition) is 1. The number of carbonyl (C=O) groups is 1. The third kappa shape index (κ3) is 3.92. The largest absolute Gasteiger partial charge is 0.496 e. The molecule has 3 nitrogen and oxygen atoms in total. The Morgan fingerprint density at radius 1 is 1.19 bits per heavy atom. The topological polar surface area (TPSA) is 38.3 Å². The molecule has 0 aliphatic heterocycles. The second-order valence-electron chi connectivity index (χ2n) is 5.10. The van der Waals surface area contributed by atoms with Gasteiger partial charge in [0.1, 0.15) is 5.75 Å². The zero-order chi connectivity index (χ0) is 15.2. The highest BCUT2D eigenvalue weighted by molar-refractivity contribution is 5.97. The van der Waals surface area contributed by atoms with Gasteiger partial charge >= 0.3 is 0 Å². The lowest BCUT2D eigenvalue weighted by Gasteiger charge is -2.15. The molecule has 2 aromatic rings. The first kappa shape index (κ1) is 15.3. The van der Waals surface area contributed by atoms with Gasteiger partial charge in [0.25, 0.3) is 0 Å². The van der Waals surface area contributed by atoms with E-state index in [0.717, 1.165) is 5.56 Å². The highest BCUT2D eigenvalue weighted by Gasteiger charge is 2.10. The van der Waals surface area contributed by atoms with Crippen molar-refractivity contribution in [3.63, 3.8) is 0 Å². The first-order valence-corrected chi connectivity index (χ1v) is 7.08. The summed E-state index contributed by atoms with van der Waals surface area (Å²) in [5, 5.41) is 3.47. The van der Waals surface area contributed by atoms with Crippen molar-refractivity contribution in [3.05, 3.63) is 65.2 Å². The van der Waals surface area contributed by atoms with Gasteiger partial charge in [-0.15, -0.1) is 0 Å². The van der Waals surface area contributed by atoms with E-state index in [1.165, 1.54) is 5.56 Å². The summed E-state index contributed by atoms with van der Waals surface area (Å²) in [5.41, 5.74) is 2.95. The second kappa shape index (κ2) is 7.04. The third-order valence-electron chi connectivity index (χ3n) is 3.56. The lowest BCUT2D eigenvalue weighted by atomic mass is 10.1. The molecular formula is C18H21NO2. The highest BCUT2D eigenvalue weighted by Crippen LogP contribution is 2.21. The van der Waals surface area contributed by atoms with Crippen molar-refractivity contribution < 1.29 is 9.53 Å². The van der Waals surface area contributed by atoms with E-state index in [2.05, 4.69) is 24.4 Å². The number of ketones is 1. The predicted octanol–water partition coefficient (Wildman–Crippen LogP) is 3.75. The van der Waals surface area contributed by atoms with Gasteiger partial charge in [-0.25, -0.2) is 0 Å². The van der Waals surface area contributed by atoms with Crippen LogP contribution in [-0.4, -0.2) is 12.9 Å². The van der Waals surface area contributed by atoms with Crippen LogP contribution in [0.1, 0.15) is 41.4 Å². The van der Waals surface area contributed by atoms with E-state index in [0.29, 0.717) is 17.9 Å². The zero-order valence-corrected chi connectivity index (χ0v) is 12.7. The first-order valence-electron chi connectivity index (χ1n) is 7.08. The smallest absolute Gasteiger partial charge is 0.163 e. The van der Waals surface area contributed by atoms with Crippen LogP contribution in [0.5, 0.6) is 5.75 Å². The van der Waals surface area contributed by atoms with Crippen molar-refractivity contribution in [3.8, 4) is 5.75 Å². The van der Waals surface area contributed by atoms with E-state index in [4.69, 9.17) is 4.74 Å². The molecule has 21 heavy (non-hydrogen) atoms. The Hall–Kier alpha value is -2.13. The van der Waals surface area contributed by atoms with E-state index in [9.17, 15) is 4.79 Å². The molecule has 3 heteroatoms. The van der Waals surface area contributed by atoms with Gasteiger partial charge in [-0.1, -0.05) is 36.4 Å². The van der Waals surface area contributed by atoms with Crippen molar-refractivity contribution in [2.45, 2.75) is 26.4 Å². The molecule has 0 radical (unpaired) electrons. The molecule has 0 spiro atoms. The minimum absolute atomic E-state index is 0.0183. The van der Waals surface area contributed by atoms with Crippen molar-refractivity contribution in [2.75, 3.05) is 7.11 Å². The summed E-state index contributed by atoms with van der Waals surface area (Å²) in [6, 6.07) is 16.3. The lowest BCUT2D eigenvalue weighted by molar-refractivity contribution is 0.101. The van der Waals surface area contributed by atoms with Crippen LogP contribution in [0.4, 0.5) is 0 Å². The molecule has 0 aromatic heterocycles. The molecule has 1 N–H and O–H groups in total. The summed E-state index contributed by atoms with van der Waals surface area (Å²) >= 11 is 0.